The highest BCUT2D eigenvalue weighted by molar-refractivity contribution is 5.57. The van der Waals surface area contributed by atoms with Crippen molar-refractivity contribution in [3.63, 3.8) is 0 Å². The van der Waals surface area contributed by atoms with Crippen LogP contribution in [0.2, 0.25) is 0 Å². The van der Waals surface area contributed by atoms with Crippen molar-refractivity contribution in [2.24, 2.45) is 7.05 Å². The van der Waals surface area contributed by atoms with Crippen LogP contribution in [-0.2, 0) is 7.05 Å². The van der Waals surface area contributed by atoms with E-state index in [1.165, 1.54) is 0 Å². The molecule has 7 heteroatoms. The lowest BCUT2D eigenvalue weighted by Gasteiger charge is -2.21. The van der Waals surface area contributed by atoms with Crippen molar-refractivity contribution in [2.45, 2.75) is 6.04 Å². The molecule has 0 spiro atoms. The number of hydrogen-bond donors (Lipinski definition) is 1. The van der Waals surface area contributed by atoms with Crippen LogP contribution in [0.15, 0.2) is 18.3 Å². The van der Waals surface area contributed by atoms with Crippen molar-refractivity contribution in [1.29, 1.82) is 0 Å². The summed E-state index contributed by atoms with van der Waals surface area (Å²) in [6.07, 6.45) is 1.72. The average Bonchev–Trinajstić information content (AvgIpc) is 2.93. The molecule has 0 aliphatic heterocycles. The van der Waals surface area contributed by atoms with Crippen molar-refractivity contribution >= 4 is 0 Å². The Kier molecular flexibility index (Phi) is 4.64. The number of aryl methyl sites for hydroxylation is 1. The van der Waals surface area contributed by atoms with Crippen molar-refractivity contribution in [2.75, 3.05) is 28.4 Å². The predicted molar refractivity (Wildman–Crippen MR) is 78.0 cm³/mol. The van der Waals surface area contributed by atoms with Gasteiger partial charge in [-0.15, -0.1) is 5.10 Å². The zero-order valence-electron chi connectivity index (χ0n) is 12.9. The maximum Gasteiger partial charge on any atom is 0.203 e. The van der Waals surface area contributed by atoms with E-state index in [2.05, 4.69) is 15.6 Å². The monoisotopic (exact) mass is 292 g/mol. The first-order valence-corrected chi connectivity index (χ1v) is 6.48. The Labute approximate surface area is 123 Å². The van der Waals surface area contributed by atoms with E-state index in [0.717, 1.165) is 11.3 Å². The van der Waals surface area contributed by atoms with Gasteiger partial charge in [0.2, 0.25) is 5.75 Å². The minimum atomic E-state index is -0.125. The highest BCUT2D eigenvalue weighted by Crippen LogP contribution is 2.43. The second kappa shape index (κ2) is 6.45. The van der Waals surface area contributed by atoms with Crippen molar-refractivity contribution in [1.82, 2.24) is 20.3 Å². The van der Waals surface area contributed by atoms with Gasteiger partial charge in [-0.3, -0.25) is 4.68 Å². The van der Waals surface area contributed by atoms with E-state index in [4.69, 9.17) is 14.2 Å². The fourth-order valence-corrected chi connectivity index (χ4v) is 2.37. The van der Waals surface area contributed by atoms with Gasteiger partial charge >= 0.3 is 0 Å². The molecule has 1 aromatic carbocycles. The summed E-state index contributed by atoms with van der Waals surface area (Å²) >= 11 is 0. The van der Waals surface area contributed by atoms with Gasteiger partial charge < -0.3 is 19.5 Å². The molecule has 1 heterocycles. The second-order valence-electron chi connectivity index (χ2n) is 4.43. The van der Waals surface area contributed by atoms with Crippen LogP contribution in [0.25, 0.3) is 0 Å². The molecule has 114 valence electrons. The number of nitrogens with one attached hydrogen (secondary N) is 1. The Morgan fingerprint density at radius 2 is 1.81 bits per heavy atom. The first-order valence-electron chi connectivity index (χ1n) is 6.48. The summed E-state index contributed by atoms with van der Waals surface area (Å²) < 4.78 is 18.0. The molecule has 0 aliphatic carbocycles. The number of benzene rings is 1. The molecule has 0 aliphatic rings. The van der Waals surface area contributed by atoms with Crippen molar-refractivity contribution in [3.8, 4) is 17.2 Å². The maximum absolute atomic E-state index is 5.54. The lowest BCUT2D eigenvalue weighted by molar-refractivity contribution is 0.320. The molecule has 21 heavy (non-hydrogen) atoms. The Morgan fingerprint density at radius 1 is 1.10 bits per heavy atom. The maximum atomic E-state index is 5.54. The minimum Gasteiger partial charge on any atom is -0.493 e. The van der Waals surface area contributed by atoms with Crippen LogP contribution < -0.4 is 19.5 Å². The molecule has 0 fully saturated rings. The number of hydrogen-bond acceptors (Lipinski definition) is 6. The summed E-state index contributed by atoms with van der Waals surface area (Å²) in [5.74, 6) is 1.81. The summed E-state index contributed by atoms with van der Waals surface area (Å²) in [5, 5.41) is 11.1. The topological polar surface area (TPSA) is 70.4 Å². The van der Waals surface area contributed by atoms with Crippen molar-refractivity contribution in [3.05, 3.63) is 29.6 Å². The largest absolute Gasteiger partial charge is 0.493 e. The number of methoxy groups -OCH3 is 3. The molecule has 7 nitrogen and oxygen atoms in total. The normalized spacial score (nSPS) is 12.0. The first-order chi connectivity index (χ1) is 10.2. The van der Waals surface area contributed by atoms with E-state index in [9.17, 15) is 0 Å². The molecule has 1 N–H and O–H groups in total. The number of ether oxygens (including phenoxy) is 3. The first kappa shape index (κ1) is 15.1. The standard InChI is InChI=1S/C14H20N4O3/c1-15-12(10-8-16-17-18(10)2)9-6-7-11(19-3)14(21-5)13(9)20-4/h6-8,12,15H,1-5H3. The van der Waals surface area contributed by atoms with Gasteiger partial charge in [-0.05, 0) is 19.2 Å². The quantitative estimate of drug-likeness (QED) is 0.861. The van der Waals surface area contributed by atoms with Crippen LogP contribution in [-0.4, -0.2) is 43.4 Å². The third kappa shape index (κ3) is 2.64. The fraction of sp³-hybridized carbons (Fsp3) is 0.429. The molecule has 0 radical (unpaired) electrons. The lowest BCUT2D eigenvalue weighted by atomic mass is 10.0. The SMILES string of the molecule is CNC(c1ccc(OC)c(OC)c1OC)c1cnnn1C. The Bertz CT molecular complexity index is 612. The van der Waals surface area contributed by atoms with E-state index in [1.54, 1.807) is 32.2 Å². The number of rotatable bonds is 6. The van der Waals surface area contributed by atoms with Crippen molar-refractivity contribution < 1.29 is 14.2 Å². The van der Waals surface area contributed by atoms with Gasteiger partial charge in [0.25, 0.3) is 0 Å². The van der Waals surface area contributed by atoms with Gasteiger partial charge in [-0.2, -0.15) is 0 Å². The summed E-state index contributed by atoms with van der Waals surface area (Å²) in [6.45, 7) is 0. The predicted octanol–water partition coefficient (Wildman–Crippen LogP) is 1.15. The molecule has 0 bridgehead atoms. The Balaban J connectivity index is 2.59. The molecular formula is C14H20N4O3. The smallest absolute Gasteiger partial charge is 0.203 e. The molecular weight excluding hydrogens is 272 g/mol. The van der Waals surface area contributed by atoms with Crippen LogP contribution >= 0.6 is 0 Å². The van der Waals surface area contributed by atoms with Gasteiger partial charge in [-0.25, -0.2) is 0 Å². The fourth-order valence-electron chi connectivity index (χ4n) is 2.37. The number of aromatic nitrogens is 3. The van der Waals surface area contributed by atoms with Crippen LogP contribution in [0.1, 0.15) is 17.3 Å². The van der Waals surface area contributed by atoms with E-state index >= 15 is 0 Å². The summed E-state index contributed by atoms with van der Waals surface area (Å²) in [4.78, 5) is 0. The molecule has 1 unspecified atom stereocenters. The van der Waals surface area contributed by atoms with Gasteiger partial charge in [0.05, 0.1) is 39.3 Å². The molecule has 2 aromatic rings. The molecule has 1 aromatic heterocycles. The molecule has 0 saturated heterocycles. The summed E-state index contributed by atoms with van der Waals surface area (Å²) in [6, 6.07) is 3.67. The molecule has 1 atom stereocenters. The Hall–Kier alpha value is -2.28. The minimum absolute atomic E-state index is 0.125. The van der Waals surface area contributed by atoms with E-state index in [-0.39, 0.29) is 6.04 Å². The molecule has 0 amide bonds. The lowest BCUT2D eigenvalue weighted by Crippen LogP contribution is -2.21. The van der Waals surface area contributed by atoms with Gasteiger partial charge in [0.15, 0.2) is 11.5 Å². The second-order valence-corrected chi connectivity index (χ2v) is 4.43. The van der Waals surface area contributed by atoms with Crippen LogP contribution in [0, 0.1) is 0 Å². The van der Waals surface area contributed by atoms with Gasteiger partial charge in [0, 0.05) is 12.6 Å². The van der Waals surface area contributed by atoms with E-state index < -0.39 is 0 Å². The van der Waals surface area contributed by atoms with E-state index in [0.29, 0.717) is 17.2 Å². The van der Waals surface area contributed by atoms with Crippen LogP contribution in [0.3, 0.4) is 0 Å². The van der Waals surface area contributed by atoms with Crippen LogP contribution in [0.4, 0.5) is 0 Å². The van der Waals surface area contributed by atoms with Gasteiger partial charge in [0.1, 0.15) is 0 Å². The zero-order valence-corrected chi connectivity index (χ0v) is 12.9. The summed E-state index contributed by atoms with van der Waals surface area (Å²) in [7, 11) is 8.50. The van der Waals surface area contributed by atoms with E-state index in [1.807, 2.05) is 26.2 Å². The molecule has 0 saturated carbocycles. The molecule has 2 rings (SSSR count). The van der Waals surface area contributed by atoms with Crippen LogP contribution in [0.5, 0.6) is 17.2 Å². The Morgan fingerprint density at radius 3 is 2.29 bits per heavy atom. The third-order valence-corrected chi connectivity index (χ3v) is 3.38. The summed E-state index contributed by atoms with van der Waals surface area (Å²) in [5.41, 5.74) is 1.84. The highest BCUT2D eigenvalue weighted by Gasteiger charge is 2.24. The zero-order chi connectivity index (χ0) is 15.4. The average molecular weight is 292 g/mol. The third-order valence-electron chi connectivity index (χ3n) is 3.38. The number of nitrogens with zero attached hydrogens (tertiary/aromatic N) is 3. The highest BCUT2D eigenvalue weighted by atomic mass is 16.5. The van der Waals surface area contributed by atoms with Gasteiger partial charge in [-0.1, -0.05) is 5.21 Å².